The topological polar surface area (TPSA) is 174 Å². The second kappa shape index (κ2) is 26.3. The van der Waals surface area contributed by atoms with Gasteiger partial charge in [0.2, 0.25) is 23.6 Å². The standard InChI is InChI=1S/C35H62N6O4/c1-2-3-4-5-6-7-8-9-10-11-12-13-17-23-33(43)40-31(22-18-19-24-36)35(45)39-30(25-29-20-15-14-16-21-29)27-41(28-32(38)42)34(44)26-37/h14-16,20-21,30-31H,2-13,17-19,22-28,36-37H2,1H3,(H2,38,42)(H,39,45)(H,40,43)/t30-,31-/m0/s1. The molecule has 10 nitrogen and oxygen atoms in total. The molecule has 0 fully saturated rings. The zero-order chi connectivity index (χ0) is 33.1. The number of carbonyl (C=O) groups is 4. The molecule has 10 heteroatoms. The largest absolute Gasteiger partial charge is 0.368 e. The van der Waals surface area contributed by atoms with Crippen molar-refractivity contribution in [3.05, 3.63) is 35.9 Å². The van der Waals surface area contributed by atoms with Crippen LogP contribution in [-0.4, -0.2) is 66.8 Å². The van der Waals surface area contributed by atoms with Gasteiger partial charge in [-0.1, -0.05) is 114 Å². The number of nitrogens with one attached hydrogen (secondary N) is 2. The van der Waals surface area contributed by atoms with Crippen LogP contribution in [0, 0.1) is 0 Å². The Balaban J connectivity index is 2.63. The SMILES string of the molecule is CCCCCCCCCCCCCCCC(=O)N[C@@H](CCCCN)C(=O)N[C@@H](Cc1ccccc1)CN(CC(N)=O)C(=O)CN. The number of rotatable bonds is 28. The van der Waals surface area contributed by atoms with Crippen LogP contribution < -0.4 is 27.8 Å². The first-order chi connectivity index (χ1) is 21.8. The van der Waals surface area contributed by atoms with Gasteiger partial charge in [-0.3, -0.25) is 19.2 Å². The predicted octanol–water partition coefficient (Wildman–Crippen LogP) is 4.08. The molecule has 0 aliphatic rings. The van der Waals surface area contributed by atoms with Crippen LogP contribution in [-0.2, 0) is 25.6 Å². The third kappa shape index (κ3) is 20.6. The highest BCUT2D eigenvalue weighted by Crippen LogP contribution is 2.13. The first kappa shape index (κ1) is 40.0. The summed E-state index contributed by atoms with van der Waals surface area (Å²) >= 11 is 0. The molecule has 256 valence electrons. The van der Waals surface area contributed by atoms with Gasteiger partial charge >= 0.3 is 0 Å². The molecule has 1 aromatic rings. The van der Waals surface area contributed by atoms with E-state index in [1.807, 2.05) is 30.3 Å². The first-order valence-electron chi connectivity index (χ1n) is 17.4. The van der Waals surface area contributed by atoms with Crippen LogP contribution in [0.2, 0.25) is 0 Å². The van der Waals surface area contributed by atoms with E-state index in [9.17, 15) is 19.2 Å². The Morgan fingerprint density at radius 1 is 0.756 bits per heavy atom. The fourth-order valence-corrected chi connectivity index (χ4v) is 5.53. The normalized spacial score (nSPS) is 12.3. The molecule has 8 N–H and O–H groups in total. The van der Waals surface area contributed by atoms with E-state index in [1.54, 1.807) is 0 Å². The number of nitrogens with zero attached hydrogens (tertiary/aromatic N) is 1. The zero-order valence-electron chi connectivity index (χ0n) is 27.9. The lowest BCUT2D eigenvalue weighted by Gasteiger charge is -2.29. The van der Waals surface area contributed by atoms with Crippen molar-refractivity contribution in [1.29, 1.82) is 0 Å². The number of nitrogens with two attached hydrogens (primary N) is 3. The summed E-state index contributed by atoms with van der Waals surface area (Å²) in [5.74, 6) is -1.57. The smallest absolute Gasteiger partial charge is 0.242 e. The van der Waals surface area contributed by atoms with Crippen LogP contribution in [0.25, 0.3) is 0 Å². The number of unbranched alkanes of at least 4 members (excludes halogenated alkanes) is 13. The van der Waals surface area contributed by atoms with Gasteiger partial charge in [0.05, 0.1) is 19.1 Å². The quantitative estimate of drug-likeness (QED) is 0.0872. The summed E-state index contributed by atoms with van der Waals surface area (Å²) in [6.07, 6.45) is 18.7. The van der Waals surface area contributed by atoms with Crippen molar-refractivity contribution < 1.29 is 19.2 Å². The number of primary amides is 1. The second-order valence-corrected chi connectivity index (χ2v) is 12.2. The molecule has 0 unspecified atom stereocenters. The molecule has 2 atom stereocenters. The fraction of sp³-hybridized carbons (Fsp3) is 0.714. The van der Waals surface area contributed by atoms with E-state index in [0.717, 1.165) is 31.2 Å². The number of benzene rings is 1. The summed E-state index contributed by atoms with van der Waals surface area (Å²) in [5.41, 5.74) is 17.6. The van der Waals surface area contributed by atoms with Crippen molar-refractivity contribution in [2.75, 3.05) is 26.2 Å². The van der Waals surface area contributed by atoms with Crippen LogP contribution in [0.15, 0.2) is 30.3 Å². The van der Waals surface area contributed by atoms with Crippen LogP contribution in [0.4, 0.5) is 0 Å². The van der Waals surface area contributed by atoms with Gasteiger partial charge in [-0.05, 0) is 44.2 Å². The molecule has 1 aromatic carbocycles. The third-order valence-electron chi connectivity index (χ3n) is 8.09. The third-order valence-corrected chi connectivity index (χ3v) is 8.09. The second-order valence-electron chi connectivity index (χ2n) is 12.2. The lowest BCUT2D eigenvalue weighted by atomic mass is 10.0. The molecule has 0 aromatic heterocycles. The van der Waals surface area contributed by atoms with Gasteiger partial charge in [-0.2, -0.15) is 0 Å². The molecule has 0 spiro atoms. The summed E-state index contributed by atoms with van der Waals surface area (Å²) in [6.45, 7) is 2.23. The van der Waals surface area contributed by atoms with Crippen LogP contribution in [0.5, 0.6) is 0 Å². The highest BCUT2D eigenvalue weighted by atomic mass is 16.2. The molecular weight excluding hydrogens is 568 g/mol. The summed E-state index contributed by atoms with van der Waals surface area (Å²) in [4.78, 5) is 51.8. The zero-order valence-corrected chi connectivity index (χ0v) is 27.9. The van der Waals surface area contributed by atoms with E-state index < -0.39 is 23.9 Å². The Morgan fingerprint density at radius 2 is 1.33 bits per heavy atom. The Kier molecular flexibility index (Phi) is 23.4. The predicted molar refractivity (Wildman–Crippen MR) is 182 cm³/mol. The van der Waals surface area contributed by atoms with E-state index in [-0.39, 0.29) is 31.4 Å². The van der Waals surface area contributed by atoms with Gasteiger partial charge < -0.3 is 32.7 Å². The lowest BCUT2D eigenvalue weighted by Crippen LogP contribution is -2.54. The minimum atomic E-state index is -0.723. The van der Waals surface area contributed by atoms with Gasteiger partial charge in [0.1, 0.15) is 6.04 Å². The van der Waals surface area contributed by atoms with E-state index in [2.05, 4.69) is 17.6 Å². The van der Waals surface area contributed by atoms with Crippen LogP contribution in [0.1, 0.15) is 122 Å². The Morgan fingerprint density at radius 3 is 1.87 bits per heavy atom. The summed E-state index contributed by atoms with van der Waals surface area (Å²) in [5, 5.41) is 5.97. The molecule has 0 radical (unpaired) electrons. The molecule has 0 aliphatic heterocycles. The average molecular weight is 631 g/mol. The van der Waals surface area contributed by atoms with Crippen molar-refractivity contribution in [1.82, 2.24) is 15.5 Å². The minimum absolute atomic E-state index is 0.0576. The monoisotopic (exact) mass is 630 g/mol. The Bertz CT molecular complexity index is 945. The van der Waals surface area contributed by atoms with Crippen LogP contribution >= 0.6 is 0 Å². The highest BCUT2D eigenvalue weighted by Gasteiger charge is 2.26. The van der Waals surface area contributed by atoms with Crippen LogP contribution in [0.3, 0.4) is 0 Å². The van der Waals surface area contributed by atoms with Crippen molar-refractivity contribution in [3.63, 3.8) is 0 Å². The molecule has 4 amide bonds. The molecule has 0 saturated heterocycles. The van der Waals surface area contributed by atoms with E-state index in [1.165, 1.54) is 69.1 Å². The summed E-state index contributed by atoms with van der Waals surface area (Å²) in [6, 6.07) is 8.30. The number of hydrogen-bond donors (Lipinski definition) is 5. The molecule has 0 bridgehead atoms. The maximum absolute atomic E-state index is 13.5. The van der Waals surface area contributed by atoms with Gasteiger partial charge in [0.15, 0.2) is 0 Å². The van der Waals surface area contributed by atoms with Crippen molar-refractivity contribution in [2.24, 2.45) is 17.2 Å². The average Bonchev–Trinajstić information content (AvgIpc) is 3.02. The van der Waals surface area contributed by atoms with Gasteiger partial charge in [-0.25, -0.2) is 0 Å². The Labute approximate surface area is 272 Å². The van der Waals surface area contributed by atoms with Gasteiger partial charge in [-0.15, -0.1) is 0 Å². The van der Waals surface area contributed by atoms with Crippen molar-refractivity contribution >= 4 is 23.6 Å². The molecule has 0 aliphatic carbocycles. The Hall–Kier alpha value is -2.98. The lowest BCUT2D eigenvalue weighted by molar-refractivity contribution is -0.135. The maximum atomic E-state index is 13.5. The van der Waals surface area contributed by atoms with Gasteiger partial charge in [0, 0.05) is 13.0 Å². The number of carbonyl (C=O) groups excluding carboxylic acids is 4. The number of amides is 4. The van der Waals surface area contributed by atoms with Crippen molar-refractivity contribution in [3.8, 4) is 0 Å². The minimum Gasteiger partial charge on any atom is -0.368 e. The van der Waals surface area contributed by atoms with Gasteiger partial charge in [0.25, 0.3) is 0 Å². The molecule has 1 rings (SSSR count). The molecule has 0 saturated carbocycles. The van der Waals surface area contributed by atoms with Crippen molar-refractivity contribution in [2.45, 2.75) is 135 Å². The number of hydrogen-bond acceptors (Lipinski definition) is 6. The van der Waals surface area contributed by atoms with E-state index in [0.29, 0.717) is 32.2 Å². The molecular formula is C35H62N6O4. The molecule has 45 heavy (non-hydrogen) atoms. The maximum Gasteiger partial charge on any atom is 0.242 e. The highest BCUT2D eigenvalue weighted by molar-refractivity contribution is 5.88. The first-order valence-corrected chi connectivity index (χ1v) is 17.4. The van der Waals surface area contributed by atoms with E-state index >= 15 is 0 Å². The fourth-order valence-electron chi connectivity index (χ4n) is 5.53. The summed E-state index contributed by atoms with van der Waals surface area (Å²) in [7, 11) is 0. The van der Waals surface area contributed by atoms with E-state index in [4.69, 9.17) is 17.2 Å². The molecule has 0 heterocycles. The summed E-state index contributed by atoms with van der Waals surface area (Å²) < 4.78 is 0.